The molecule has 0 aliphatic heterocycles. The maximum Gasteiger partial charge on any atom is 0.133 e. The first kappa shape index (κ1) is 10.5. The zero-order valence-corrected chi connectivity index (χ0v) is 9.61. The molecular formula is C9H10BrNOS. The Morgan fingerprint density at radius 1 is 1.62 bits per heavy atom. The van der Waals surface area contributed by atoms with Crippen LogP contribution in [0.3, 0.4) is 0 Å². The van der Waals surface area contributed by atoms with Gasteiger partial charge in [0.15, 0.2) is 0 Å². The second-order valence-corrected chi connectivity index (χ2v) is 3.89. The van der Waals surface area contributed by atoms with Gasteiger partial charge in [-0.1, -0.05) is 24.4 Å². The van der Waals surface area contributed by atoms with Crippen LogP contribution in [0.2, 0.25) is 0 Å². The van der Waals surface area contributed by atoms with E-state index in [0.717, 1.165) is 15.8 Å². The van der Waals surface area contributed by atoms with E-state index in [1.807, 2.05) is 18.2 Å². The molecule has 13 heavy (non-hydrogen) atoms. The van der Waals surface area contributed by atoms with Crippen molar-refractivity contribution in [3.63, 3.8) is 0 Å². The fourth-order valence-electron chi connectivity index (χ4n) is 1.04. The summed E-state index contributed by atoms with van der Waals surface area (Å²) in [5, 5.41) is 0. The predicted octanol–water partition coefficient (Wildman–Crippen LogP) is 2.29. The molecule has 0 atom stereocenters. The van der Waals surface area contributed by atoms with E-state index in [2.05, 4.69) is 15.9 Å². The summed E-state index contributed by atoms with van der Waals surface area (Å²) >= 11 is 8.26. The van der Waals surface area contributed by atoms with E-state index < -0.39 is 0 Å². The molecule has 2 nitrogen and oxygen atoms in total. The van der Waals surface area contributed by atoms with Crippen LogP contribution in [0.5, 0.6) is 5.75 Å². The molecule has 4 heteroatoms. The molecule has 1 aromatic carbocycles. The first-order chi connectivity index (χ1) is 6.15. The van der Waals surface area contributed by atoms with Gasteiger partial charge in [0.05, 0.1) is 16.6 Å². The normalized spacial score (nSPS) is 9.69. The summed E-state index contributed by atoms with van der Waals surface area (Å²) < 4.78 is 6.06. The molecule has 0 aliphatic carbocycles. The Hall–Kier alpha value is -0.610. The van der Waals surface area contributed by atoms with Gasteiger partial charge in [0.2, 0.25) is 0 Å². The van der Waals surface area contributed by atoms with E-state index in [9.17, 15) is 0 Å². The second kappa shape index (κ2) is 4.58. The molecule has 0 bridgehead atoms. The number of hydrogen-bond acceptors (Lipinski definition) is 2. The SMILES string of the molecule is COc1cccc(CC(N)=S)c1Br. The minimum absolute atomic E-state index is 0.481. The predicted molar refractivity (Wildman–Crippen MR) is 61.2 cm³/mol. The van der Waals surface area contributed by atoms with Crippen LogP contribution < -0.4 is 10.5 Å². The van der Waals surface area contributed by atoms with Crippen LogP contribution in [0.15, 0.2) is 22.7 Å². The molecule has 2 N–H and O–H groups in total. The van der Waals surface area contributed by atoms with Crippen molar-refractivity contribution in [1.29, 1.82) is 0 Å². The largest absolute Gasteiger partial charge is 0.496 e. The Kier molecular flexibility index (Phi) is 3.69. The first-order valence-electron chi connectivity index (χ1n) is 3.75. The number of rotatable bonds is 3. The van der Waals surface area contributed by atoms with Gasteiger partial charge >= 0.3 is 0 Å². The second-order valence-electron chi connectivity index (χ2n) is 2.58. The third-order valence-electron chi connectivity index (χ3n) is 1.63. The Morgan fingerprint density at radius 3 is 2.85 bits per heavy atom. The van der Waals surface area contributed by atoms with Gasteiger partial charge in [-0.25, -0.2) is 0 Å². The van der Waals surface area contributed by atoms with Gasteiger partial charge in [0.25, 0.3) is 0 Å². The number of halogens is 1. The minimum atomic E-state index is 0.481. The van der Waals surface area contributed by atoms with E-state index in [0.29, 0.717) is 11.4 Å². The van der Waals surface area contributed by atoms with Crippen LogP contribution in [0.4, 0.5) is 0 Å². The molecule has 0 aromatic heterocycles. The highest BCUT2D eigenvalue weighted by atomic mass is 79.9. The molecule has 70 valence electrons. The molecule has 0 fully saturated rings. The molecular weight excluding hydrogens is 250 g/mol. The van der Waals surface area contributed by atoms with Crippen LogP contribution in [0, 0.1) is 0 Å². The summed E-state index contributed by atoms with van der Waals surface area (Å²) in [5.74, 6) is 0.800. The molecule has 1 aromatic rings. The topological polar surface area (TPSA) is 35.2 Å². The fourth-order valence-corrected chi connectivity index (χ4v) is 1.76. The van der Waals surface area contributed by atoms with Crippen LogP contribution in [0.1, 0.15) is 5.56 Å². The van der Waals surface area contributed by atoms with E-state index in [-0.39, 0.29) is 0 Å². The maximum absolute atomic E-state index is 5.45. The molecule has 1 rings (SSSR count). The lowest BCUT2D eigenvalue weighted by atomic mass is 10.1. The van der Waals surface area contributed by atoms with Gasteiger partial charge in [-0.15, -0.1) is 0 Å². The number of methoxy groups -OCH3 is 1. The van der Waals surface area contributed by atoms with E-state index in [1.165, 1.54) is 0 Å². The molecule has 0 saturated heterocycles. The lowest BCUT2D eigenvalue weighted by Crippen LogP contribution is -2.11. The van der Waals surface area contributed by atoms with Crippen LogP contribution >= 0.6 is 28.1 Å². The number of benzene rings is 1. The summed E-state index contributed by atoms with van der Waals surface area (Å²) in [6.07, 6.45) is 0.590. The summed E-state index contributed by atoms with van der Waals surface area (Å²) in [7, 11) is 1.63. The molecule has 0 unspecified atom stereocenters. The highest BCUT2D eigenvalue weighted by Gasteiger charge is 2.05. The minimum Gasteiger partial charge on any atom is -0.496 e. The Labute approximate surface area is 91.2 Å². The lowest BCUT2D eigenvalue weighted by molar-refractivity contribution is 0.411. The average molecular weight is 260 g/mol. The number of hydrogen-bond donors (Lipinski definition) is 1. The summed E-state index contributed by atoms with van der Waals surface area (Å²) in [6.45, 7) is 0. The van der Waals surface area contributed by atoms with Gasteiger partial charge in [0.1, 0.15) is 5.75 Å². The van der Waals surface area contributed by atoms with Crippen molar-refractivity contribution in [2.24, 2.45) is 5.73 Å². The van der Waals surface area contributed by atoms with Crippen molar-refractivity contribution in [2.45, 2.75) is 6.42 Å². The molecule has 0 heterocycles. The van der Waals surface area contributed by atoms with Crippen LogP contribution in [0.25, 0.3) is 0 Å². The van der Waals surface area contributed by atoms with Gasteiger partial charge in [-0.2, -0.15) is 0 Å². The highest BCUT2D eigenvalue weighted by molar-refractivity contribution is 9.10. The zero-order chi connectivity index (χ0) is 9.84. The number of thiocarbonyl (C=S) groups is 1. The molecule has 0 radical (unpaired) electrons. The maximum atomic E-state index is 5.45. The first-order valence-corrected chi connectivity index (χ1v) is 4.95. The third-order valence-corrected chi connectivity index (χ3v) is 2.67. The molecule has 0 spiro atoms. The van der Waals surface area contributed by atoms with Crippen molar-refractivity contribution >= 4 is 33.1 Å². The third kappa shape index (κ3) is 2.67. The van der Waals surface area contributed by atoms with Crippen molar-refractivity contribution in [2.75, 3.05) is 7.11 Å². The summed E-state index contributed by atoms with van der Waals surface area (Å²) in [4.78, 5) is 0.481. The zero-order valence-electron chi connectivity index (χ0n) is 7.21. The van der Waals surface area contributed by atoms with Crippen molar-refractivity contribution < 1.29 is 4.74 Å². The number of nitrogens with two attached hydrogens (primary N) is 1. The van der Waals surface area contributed by atoms with Crippen molar-refractivity contribution in [3.8, 4) is 5.75 Å². The van der Waals surface area contributed by atoms with E-state index in [1.54, 1.807) is 7.11 Å². The standard InChI is InChI=1S/C9H10BrNOS/c1-12-7-4-2-3-6(9(7)10)5-8(11)13/h2-4H,5H2,1H3,(H2,11,13). The molecule has 0 amide bonds. The van der Waals surface area contributed by atoms with Crippen LogP contribution in [-0.4, -0.2) is 12.1 Å². The van der Waals surface area contributed by atoms with E-state index in [4.69, 9.17) is 22.7 Å². The van der Waals surface area contributed by atoms with Gasteiger partial charge in [-0.05, 0) is 27.6 Å². The van der Waals surface area contributed by atoms with Crippen molar-refractivity contribution in [1.82, 2.24) is 0 Å². The average Bonchev–Trinajstić information content (AvgIpc) is 2.08. The lowest BCUT2D eigenvalue weighted by Gasteiger charge is -2.07. The summed E-state index contributed by atoms with van der Waals surface area (Å²) in [6, 6.07) is 5.76. The Balaban J connectivity index is 3.01. The summed E-state index contributed by atoms with van der Waals surface area (Å²) in [5.41, 5.74) is 6.50. The van der Waals surface area contributed by atoms with Crippen molar-refractivity contribution in [3.05, 3.63) is 28.2 Å². The van der Waals surface area contributed by atoms with Gasteiger partial charge in [0, 0.05) is 6.42 Å². The Morgan fingerprint density at radius 2 is 2.31 bits per heavy atom. The fraction of sp³-hybridized carbons (Fsp3) is 0.222. The smallest absolute Gasteiger partial charge is 0.133 e. The monoisotopic (exact) mass is 259 g/mol. The molecule has 0 aliphatic rings. The van der Waals surface area contributed by atoms with Gasteiger partial charge < -0.3 is 10.5 Å². The quantitative estimate of drug-likeness (QED) is 0.847. The number of ether oxygens (including phenoxy) is 1. The van der Waals surface area contributed by atoms with Crippen LogP contribution in [-0.2, 0) is 6.42 Å². The highest BCUT2D eigenvalue weighted by Crippen LogP contribution is 2.28. The van der Waals surface area contributed by atoms with Gasteiger partial charge in [-0.3, -0.25) is 0 Å². The van der Waals surface area contributed by atoms with E-state index >= 15 is 0 Å². The Bertz CT molecular complexity index is 327. The molecule has 0 saturated carbocycles.